The van der Waals surface area contributed by atoms with Gasteiger partial charge in [-0.1, -0.05) is 55.7 Å². The van der Waals surface area contributed by atoms with Crippen LogP contribution in [0.4, 0.5) is 5.69 Å². The second-order valence-corrected chi connectivity index (χ2v) is 13.7. The molecule has 3 fully saturated rings. The lowest BCUT2D eigenvalue weighted by Gasteiger charge is -2.36. The monoisotopic (exact) mass is 583 g/mol. The van der Waals surface area contributed by atoms with Gasteiger partial charge in [0.1, 0.15) is 6.04 Å². The first-order valence-electron chi connectivity index (χ1n) is 14.6. The zero-order valence-corrected chi connectivity index (χ0v) is 24.8. The number of hydrogen-bond acceptors (Lipinski definition) is 6. The van der Waals surface area contributed by atoms with Gasteiger partial charge < -0.3 is 20.9 Å². The Morgan fingerprint density at radius 1 is 0.976 bits per heavy atom. The third-order valence-electron chi connectivity index (χ3n) is 9.18. The Morgan fingerprint density at radius 2 is 1.68 bits per heavy atom. The number of benzene rings is 2. The summed E-state index contributed by atoms with van der Waals surface area (Å²) in [4.78, 5) is 42.8. The summed E-state index contributed by atoms with van der Waals surface area (Å²) < 4.78 is 27.0. The van der Waals surface area contributed by atoms with Crippen LogP contribution in [0.2, 0.25) is 0 Å². The average molecular weight is 584 g/mol. The van der Waals surface area contributed by atoms with Gasteiger partial charge in [0.25, 0.3) is 0 Å². The standard InChI is InChI=1S/C30H41N5O5S/c1-19(31-2)28(36)33-26(21-11-5-4-6-12-21)30(38)34-17-16-25-27(34)23(18-35(25)41(3,39)40)29(37)32-24-15-9-13-20-10-7-8-14-22(20)24/h7-10,13-15,19,21,23,25-27,31H,4-6,11-12,16-18H2,1-3H3,(H,32,37)(H,33,36). The van der Waals surface area contributed by atoms with Crippen LogP contribution in [0, 0.1) is 11.8 Å². The molecule has 0 spiro atoms. The molecule has 2 aromatic rings. The highest BCUT2D eigenvalue weighted by Crippen LogP contribution is 2.39. The highest BCUT2D eigenvalue weighted by Gasteiger charge is 2.56. The summed E-state index contributed by atoms with van der Waals surface area (Å²) in [5.41, 5.74) is 0.645. The second-order valence-electron chi connectivity index (χ2n) is 11.7. The van der Waals surface area contributed by atoms with Crippen molar-refractivity contribution < 1.29 is 22.8 Å². The SMILES string of the molecule is CNC(C)C(=O)NC(C(=O)N1CCC2C1C(C(=O)Nc1cccc3ccccc13)CN2S(C)(=O)=O)C1CCCCC1. The zero-order valence-electron chi connectivity index (χ0n) is 24.0. The fraction of sp³-hybridized carbons (Fsp3) is 0.567. The van der Waals surface area contributed by atoms with Crippen molar-refractivity contribution >= 4 is 44.2 Å². The highest BCUT2D eigenvalue weighted by molar-refractivity contribution is 7.88. The van der Waals surface area contributed by atoms with E-state index in [1.807, 2.05) is 42.5 Å². The molecular weight excluding hydrogens is 542 g/mol. The molecule has 0 radical (unpaired) electrons. The van der Waals surface area contributed by atoms with Gasteiger partial charge in [0, 0.05) is 30.2 Å². The van der Waals surface area contributed by atoms with Gasteiger partial charge in [-0.2, -0.15) is 4.31 Å². The van der Waals surface area contributed by atoms with Gasteiger partial charge in [0.05, 0.1) is 24.3 Å². The minimum absolute atomic E-state index is 0.00122. The maximum atomic E-state index is 14.3. The Bertz CT molecular complexity index is 1400. The number of rotatable bonds is 8. The topological polar surface area (TPSA) is 128 Å². The van der Waals surface area contributed by atoms with E-state index in [1.165, 1.54) is 4.31 Å². The second kappa shape index (κ2) is 12.1. The van der Waals surface area contributed by atoms with Crippen LogP contribution in [0.5, 0.6) is 0 Å². The Morgan fingerprint density at radius 3 is 2.39 bits per heavy atom. The number of carbonyl (C=O) groups is 3. The molecule has 3 amide bonds. The van der Waals surface area contributed by atoms with E-state index in [2.05, 4.69) is 16.0 Å². The molecule has 10 nitrogen and oxygen atoms in total. The molecule has 1 saturated carbocycles. The average Bonchev–Trinajstić information content (AvgIpc) is 3.56. The van der Waals surface area contributed by atoms with Crippen molar-refractivity contribution in [2.75, 3.05) is 31.7 Å². The van der Waals surface area contributed by atoms with Crippen molar-refractivity contribution in [2.45, 2.75) is 69.6 Å². The minimum atomic E-state index is -3.62. The van der Waals surface area contributed by atoms with Crippen molar-refractivity contribution in [3.63, 3.8) is 0 Å². The summed E-state index contributed by atoms with van der Waals surface area (Å²) in [5, 5.41) is 10.9. The number of likely N-dealkylation sites (tertiary alicyclic amines) is 1. The van der Waals surface area contributed by atoms with Gasteiger partial charge in [-0.3, -0.25) is 14.4 Å². The van der Waals surface area contributed by atoms with Gasteiger partial charge in [0.15, 0.2) is 0 Å². The fourth-order valence-electron chi connectivity index (χ4n) is 6.91. The van der Waals surface area contributed by atoms with E-state index >= 15 is 0 Å². The van der Waals surface area contributed by atoms with E-state index in [-0.39, 0.29) is 30.2 Å². The number of fused-ring (bicyclic) bond motifs is 2. The maximum absolute atomic E-state index is 14.3. The first-order chi connectivity index (χ1) is 19.6. The van der Waals surface area contributed by atoms with Crippen LogP contribution in [0.15, 0.2) is 42.5 Å². The highest BCUT2D eigenvalue weighted by atomic mass is 32.2. The van der Waals surface area contributed by atoms with Crippen molar-refractivity contribution in [3.8, 4) is 0 Å². The number of nitrogens with one attached hydrogen (secondary N) is 3. The summed E-state index contributed by atoms with van der Waals surface area (Å²) in [6.07, 6.45) is 6.38. The van der Waals surface area contributed by atoms with E-state index in [4.69, 9.17) is 0 Å². The molecule has 41 heavy (non-hydrogen) atoms. The Kier molecular flexibility index (Phi) is 8.68. The largest absolute Gasteiger partial charge is 0.343 e. The molecule has 222 valence electrons. The van der Waals surface area contributed by atoms with Crippen LogP contribution in [0.25, 0.3) is 10.8 Å². The molecule has 0 bridgehead atoms. The molecule has 1 aliphatic carbocycles. The van der Waals surface area contributed by atoms with Crippen LogP contribution in [0.1, 0.15) is 45.4 Å². The summed E-state index contributed by atoms with van der Waals surface area (Å²) in [6.45, 7) is 2.09. The van der Waals surface area contributed by atoms with Crippen LogP contribution in [0.3, 0.4) is 0 Å². The Labute approximate surface area is 242 Å². The van der Waals surface area contributed by atoms with Crippen LogP contribution >= 0.6 is 0 Å². The molecule has 3 N–H and O–H groups in total. The summed E-state index contributed by atoms with van der Waals surface area (Å²) in [5.74, 6) is -1.54. The number of amides is 3. The van der Waals surface area contributed by atoms with Gasteiger partial charge in [-0.15, -0.1) is 0 Å². The minimum Gasteiger partial charge on any atom is -0.343 e. The molecule has 5 unspecified atom stereocenters. The zero-order chi connectivity index (χ0) is 29.3. The van der Waals surface area contributed by atoms with Gasteiger partial charge in [-0.05, 0) is 50.6 Å². The predicted molar refractivity (Wildman–Crippen MR) is 159 cm³/mol. The van der Waals surface area contributed by atoms with E-state index in [9.17, 15) is 22.8 Å². The molecular formula is C30H41N5O5S. The fourth-order valence-corrected chi connectivity index (χ4v) is 8.06. The number of nitrogens with zero attached hydrogens (tertiary/aromatic N) is 2. The number of sulfonamides is 1. The lowest BCUT2D eigenvalue weighted by molar-refractivity contribution is -0.140. The van der Waals surface area contributed by atoms with E-state index in [1.54, 1.807) is 18.9 Å². The number of likely N-dealkylation sites (N-methyl/N-ethyl adjacent to an activating group) is 1. The molecule has 2 aromatic carbocycles. The Balaban J connectivity index is 1.45. The van der Waals surface area contributed by atoms with Crippen molar-refractivity contribution in [3.05, 3.63) is 42.5 Å². The third kappa shape index (κ3) is 5.98. The maximum Gasteiger partial charge on any atom is 0.245 e. The van der Waals surface area contributed by atoms with Crippen molar-refractivity contribution in [1.82, 2.24) is 19.8 Å². The van der Waals surface area contributed by atoms with E-state index < -0.39 is 40.1 Å². The smallest absolute Gasteiger partial charge is 0.245 e. The van der Waals surface area contributed by atoms with Gasteiger partial charge in [-0.25, -0.2) is 8.42 Å². The van der Waals surface area contributed by atoms with Crippen LogP contribution < -0.4 is 16.0 Å². The molecule has 2 saturated heterocycles. The lowest BCUT2D eigenvalue weighted by Crippen LogP contribution is -2.58. The van der Waals surface area contributed by atoms with Crippen molar-refractivity contribution in [1.29, 1.82) is 0 Å². The first kappa shape index (κ1) is 29.5. The molecule has 2 aliphatic heterocycles. The number of anilines is 1. The van der Waals surface area contributed by atoms with Gasteiger partial charge >= 0.3 is 0 Å². The number of carbonyl (C=O) groups excluding carboxylic acids is 3. The molecule has 5 atom stereocenters. The van der Waals surface area contributed by atoms with Crippen LogP contribution in [-0.4, -0.2) is 85.9 Å². The normalized spacial score (nSPS) is 25.0. The quantitative estimate of drug-likeness (QED) is 0.438. The van der Waals surface area contributed by atoms with E-state index in [0.29, 0.717) is 18.7 Å². The predicted octanol–water partition coefficient (Wildman–Crippen LogP) is 2.31. The van der Waals surface area contributed by atoms with Crippen molar-refractivity contribution in [2.24, 2.45) is 11.8 Å². The third-order valence-corrected chi connectivity index (χ3v) is 10.5. The molecule has 3 aliphatic rings. The molecule has 0 aromatic heterocycles. The summed E-state index contributed by atoms with van der Waals surface area (Å²) in [7, 11) is -1.92. The Hall–Kier alpha value is -3.02. The molecule has 2 heterocycles. The lowest BCUT2D eigenvalue weighted by atomic mass is 9.83. The number of hydrogen-bond donors (Lipinski definition) is 3. The summed E-state index contributed by atoms with van der Waals surface area (Å²) in [6, 6.07) is 11.1. The van der Waals surface area contributed by atoms with Gasteiger partial charge in [0.2, 0.25) is 27.7 Å². The van der Waals surface area contributed by atoms with Crippen LogP contribution in [-0.2, 0) is 24.4 Å². The molecule has 11 heteroatoms. The first-order valence-corrected chi connectivity index (χ1v) is 16.5. The summed E-state index contributed by atoms with van der Waals surface area (Å²) >= 11 is 0. The molecule has 5 rings (SSSR count). The van der Waals surface area contributed by atoms with E-state index in [0.717, 1.165) is 49.1 Å².